The van der Waals surface area contributed by atoms with Crippen molar-refractivity contribution < 1.29 is 19.1 Å². The molecule has 0 heterocycles. The van der Waals surface area contributed by atoms with Crippen molar-refractivity contribution >= 4 is 11.9 Å². The predicted molar refractivity (Wildman–Crippen MR) is 181 cm³/mol. The zero-order chi connectivity index (χ0) is 30.9. The molecular weight excluding hydrogens is 520 g/mol. The summed E-state index contributed by atoms with van der Waals surface area (Å²) in [7, 11) is 0. The normalized spacial score (nSPS) is 13.1. The van der Waals surface area contributed by atoms with Gasteiger partial charge in [0.25, 0.3) is 0 Å². The second kappa shape index (κ2) is 32.3. The molecule has 0 unspecified atom stereocenters. The van der Waals surface area contributed by atoms with Gasteiger partial charge in [0.1, 0.15) is 12.2 Å². The summed E-state index contributed by atoms with van der Waals surface area (Å²) in [6, 6.07) is 0. The van der Waals surface area contributed by atoms with Gasteiger partial charge in [-0.15, -0.1) is 0 Å². The molecule has 4 heteroatoms. The van der Waals surface area contributed by atoms with Gasteiger partial charge in [0.2, 0.25) is 0 Å². The Morgan fingerprint density at radius 1 is 0.429 bits per heavy atom. The van der Waals surface area contributed by atoms with E-state index < -0.39 is 12.2 Å². The number of carbonyl (C=O) groups excluding carboxylic acids is 2. The number of carbonyl (C=O) groups is 2. The van der Waals surface area contributed by atoms with Crippen molar-refractivity contribution in [2.75, 3.05) is 0 Å². The lowest BCUT2D eigenvalue weighted by atomic mass is 10.1. The lowest BCUT2D eigenvalue weighted by Crippen LogP contribution is -2.30. The molecule has 0 rings (SSSR count). The van der Waals surface area contributed by atoms with Crippen LogP contribution in [0.1, 0.15) is 195 Å². The summed E-state index contributed by atoms with van der Waals surface area (Å²) in [5.74, 6) is -0.368. The van der Waals surface area contributed by atoms with Crippen LogP contribution in [0.2, 0.25) is 0 Å². The molecule has 0 aromatic rings. The van der Waals surface area contributed by atoms with Gasteiger partial charge in [-0.05, 0) is 78.1 Å². The van der Waals surface area contributed by atoms with Crippen LogP contribution in [0, 0.1) is 0 Å². The van der Waals surface area contributed by atoms with Gasteiger partial charge in [-0.1, -0.05) is 128 Å². The van der Waals surface area contributed by atoms with Crippen LogP contribution in [-0.2, 0) is 19.1 Å². The van der Waals surface area contributed by atoms with Crippen molar-refractivity contribution in [1.82, 2.24) is 0 Å². The summed E-state index contributed by atoms with van der Waals surface area (Å²) in [5.41, 5.74) is 0. The number of hydrogen-bond donors (Lipinski definition) is 0. The standard InChI is InChI=1S/C38H70O4/c1-5-7-9-11-13-15-17-19-20-22-24-26-28-30-32-34-38(40)42-36(4)35(3)41-37(39)33-31-29-27-25-23-21-18-16-14-12-10-8-6-2/h15-18,35-36H,5-14,19-34H2,1-4H3/b17-15+,18-16+/t35-,36-/m1/s1. The number of rotatable bonds is 31. The van der Waals surface area contributed by atoms with Crippen molar-refractivity contribution in [3.8, 4) is 0 Å². The minimum absolute atomic E-state index is 0.182. The van der Waals surface area contributed by atoms with Gasteiger partial charge in [0.05, 0.1) is 0 Å². The summed E-state index contributed by atoms with van der Waals surface area (Å²) in [6.07, 6.45) is 38.8. The first-order valence-electron chi connectivity index (χ1n) is 18.2. The molecule has 0 spiro atoms. The second-order valence-corrected chi connectivity index (χ2v) is 12.4. The maximum Gasteiger partial charge on any atom is 0.306 e. The van der Waals surface area contributed by atoms with Crippen LogP contribution in [0.5, 0.6) is 0 Å². The molecule has 0 aliphatic rings. The van der Waals surface area contributed by atoms with E-state index in [9.17, 15) is 9.59 Å². The van der Waals surface area contributed by atoms with E-state index in [0.29, 0.717) is 12.8 Å². The highest BCUT2D eigenvalue weighted by atomic mass is 16.6. The molecular formula is C38H70O4. The highest BCUT2D eigenvalue weighted by Crippen LogP contribution is 2.14. The topological polar surface area (TPSA) is 52.6 Å². The quantitative estimate of drug-likeness (QED) is 0.0458. The van der Waals surface area contributed by atoms with Crippen molar-refractivity contribution in [2.24, 2.45) is 0 Å². The molecule has 0 saturated heterocycles. The first-order chi connectivity index (χ1) is 20.5. The lowest BCUT2D eigenvalue weighted by molar-refractivity contribution is -0.165. The molecule has 0 N–H and O–H groups in total. The van der Waals surface area contributed by atoms with Gasteiger partial charge in [-0.25, -0.2) is 0 Å². The summed E-state index contributed by atoms with van der Waals surface area (Å²) in [6.45, 7) is 8.14. The van der Waals surface area contributed by atoms with E-state index in [1.165, 1.54) is 122 Å². The van der Waals surface area contributed by atoms with Gasteiger partial charge >= 0.3 is 11.9 Å². The molecule has 0 amide bonds. The van der Waals surface area contributed by atoms with Crippen molar-refractivity contribution in [3.63, 3.8) is 0 Å². The van der Waals surface area contributed by atoms with E-state index in [1.807, 2.05) is 13.8 Å². The molecule has 0 radical (unpaired) electrons. The van der Waals surface area contributed by atoms with E-state index in [1.54, 1.807) is 0 Å². The van der Waals surface area contributed by atoms with Crippen molar-refractivity contribution in [3.05, 3.63) is 24.3 Å². The number of hydrogen-bond acceptors (Lipinski definition) is 4. The third kappa shape index (κ3) is 29.9. The van der Waals surface area contributed by atoms with Crippen LogP contribution in [0.25, 0.3) is 0 Å². The molecule has 0 bridgehead atoms. The fourth-order valence-electron chi connectivity index (χ4n) is 5.05. The smallest absolute Gasteiger partial charge is 0.306 e. The Hall–Kier alpha value is -1.58. The average Bonchev–Trinajstić information content (AvgIpc) is 2.97. The van der Waals surface area contributed by atoms with Crippen molar-refractivity contribution in [2.45, 2.75) is 207 Å². The van der Waals surface area contributed by atoms with Gasteiger partial charge in [-0.3, -0.25) is 9.59 Å². The Bertz CT molecular complexity index is 653. The summed E-state index contributed by atoms with van der Waals surface area (Å²) >= 11 is 0. The van der Waals surface area contributed by atoms with E-state index >= 15 is 0 Å². The molecule has 2 atom stereocenters. The van der Waals surface area contributed by atoms with Gasteiger partial charge < -0.3 is 9.47 Å². The van der Waals surface area contributed by atoms with Crippen LogP contribution in [-0.4, -0.2) is 24.1 Å². The van der Waals surface area contributed by atoms with Crippen LogP contribution < -0.4 is 0 Å². The third-order valence-electron chi connectivity index (χ3n) is 8.08. The molecule has 0 saturated carbocycles. The van der Waals surface area contributed by atoms with Gasteiger partial charge in [-0.2, -0.15) is 0 Å². The van der Waals surface area contributed by atoms with Crippen LogP contribution >= 0.6 is 0 Å². The first kappa shape index (κ1) is 40.4. The summed E-state index contributed by atoms with van der Waals surface area (Å²) < 4.78 is 11.0. The molecule has 0 aliphatic heterocycles. The Balaban J connectivity index is 3.60. The Labute approximate surface area is 261 Å². The molecule has 0 fully saturated rings. The summed E-state index contributed by atoms with van der Waals surface area (Å²) in [5, 5.41) is 0. The highest BCUT2D eigenvalue weighted by molar-refractivity contribution is 5.70. The third-order valence-corrected chi connectivity index (χ3v) is 8.08. The minimum Gasteiger partial charge on any atom is -0.459 e. The largest absolute Gasteiger partial charge is 0.459 e. The highest BCUT2D eigenvalue weighted by Gasteiger charge is 2.20. The molecule has 0 aliphatic carbocycles. The van der Waals surface area contributed by atoms with Gasteiger partial charge in [0.15, 0.2) is 0 Å². The van der Waals surface area contributed by atoms with E-state index in [-0.39, 0.29) is 11.9 Å². The second-order valence-electron chi connectivity index (χ2n) is 12.4. The zero-order valence-electron chi connectivity index (χ0n) is 28.5. The number of allylic oxidation sites excluding steroid dienone is 4. The monoisotopic (exact) mass is 591 g/mol. The molecule has 42 heavy (non-hydrogen) atoms. The lowest BCUT2D eigenvalue weighted by Gasteiger charge is -2.21. The van der Waals surface area contributed by atoms with Gasteiger partial charge in [0, 0.05) is 12.8 Å². The predicted octanol–water partition coefficient (Wildman–Crippen LogP) is 12.1. The van der Waals surface area contributed by atoms with E-state index in [2.05, 4.69) is 38.2 Å². The molecule has 0 aromatic heterocycles. The zero-order valence-corrected chi connectivity index (χ0v) is 28.5. The Kier molecular flexibility index (Phi) is 31.1. The van der Waals surface area contributed by atoms with Crippen LogP contribution in [0.4, 0.5) is 0 Å². The Morgan fingerprint density at radius 2 is 0.690 bits per heavy atom. The molecule has 0 aromatic carbocycles. The maximum absolute atomic E-state index is 12.2. The number of unbranched alkanes of at least 4 members (excludes halogenated alkanes) is 20. The summed E-state index contributed by atoms with van der Waals surface area (Å²) in [4.78, 5) is 24.4. The first-order valence-corrected chi connectivity index (χ1v) is 18.2. The Morgan fingerprint density at radius 3 is 1.00 bits per heavy atom. The van der Waals surface area contributed by atoms with Crippen LogP contribution in [0.15, 0.2) is 24.3 Å². The fraction of sp³-hybridized carbons (Fsp3) is 0.842. The fourth-order valence-corrected chi connectivity index (χ4v) is 5.05. The van der Waals surface area contributed by atoms with E-state index in [4.69, 9.17) is 9.47 Å². The minimum atomic E-state index is -0.411. The number of ether oxygens (including phenoxy) is 2. The average molecular weight is 591 g/mol. The molecule has 4 nitrogen and oxygen atoms in total. The van der Waals surface area contributed by atoms with E-state index in [0.717, 1.165) is 32.1 Å². The maximum atomic E-state index is 12.2. The van der Waals surface area contributed by atoms with Crippen LogP contribution in [0.3, 0.4) is 0 Å². The van der Waals surface area contributed by atoms with Crippen molar-refractivity contribution in [1.29, 1.82) is 0 Å². The number of esters is 2. The molecule has 246 valence electrons. The SMILES string of the molecule is CCCCCC/C=C/CCCCCCCCCC(=O)O[C@H](C)[C@@H](C)OC(=O)CCCCCCC/C=C/CCCCCC.